The summed E-state index contributed by atoms with van der Waals surface area (Å²) in [5.41, 5.74) is 12.6. The molecule has 0 saturated heterocycles. The molecule has 2 aromatic carbocycles. The Morgan fingerprint density at radius 2 is 1.83 bits per heavy atom. The summed E-state index contributed by atoms with van der Waals surface area (Å²) < 4.78 is 45.7. The number of aromatic nitrogens is 3. The summed E-state index contributed by atoms with van der Waals surface area (Å²) in [4.78, 5) is 18.0. The number of hydrogen-bond acceptors (Lipinski definition) is 3. The summed E-state index contributed by atoms with van der Waals surface area (Å²) in [5.74, 6) is -3.79. The fraction of sp³-hybridized carbons (Fsp3) is 0.185. The SMILES string of the molecule is Cc1nc2c(N)c(-c3cccn4c(C(=O)c5cc(F)c(F)c(F)c5)cc(I)c34)c(C3CC3)cc2n1C. The van der Waals surface area contributed by atoms with Gasteiger partial charge in [-0.3, -0.25) is 4.79 Å². The van der Waals surface area contributed by atoms with Crippen LogP contribution in [0.1, 0.15) is 46.2 Å². The molecule has 0 amide bonds. The molecule has 5 nitrogen and oxygen atoms in total. The molecule has 0 spiro atoms. The Morgan fingerprint density at radius 3 is 2.50 bits per heavy atom. The predicted octanol–water partition coefficient (Wildman–Crippen LogP) is 6.51. The second-order valence-electron chi connectivity index (χ2n) is 9.22. The molecule has 2 N–H and O–H groups in total. The number of nitrogens with two attached hydrogens (primary N) is 1. The van der Waals surface area contributed by atoms with Crippen molar-refractivity contribution in [1.82, 2.24) is 14.0 Å². The van der Waals surface area contributed by atoms with E-state index in [-0.39, 0.29) is 11.3 Å². The van der Waals surface area contributed by atoms with Crippen LogP contribution in [-0.4, -0.2) is 19.7 Å². The molecule has 3 aromatic heterocycles. The summed E-state index contributed by atoms with van der Waals surface area (Å²) >= 11 is 2.14. The number of rotatable bonds is 4. The van der Waals surface area contributed by atoms with Crippen molar-refractivity contribution < 1.29 is 18.0 Å². The molecule has 36 heavy (non-hydrogen) atoms. The average molecular weight is 600 g/mol. The smallest absolute Gasteiger partial charge is 0.209 e. The third kappa shape index (κ3) is 3.36. The van der Waals surface area contributed by atoms with Gasteiger partial charge in [0.15, 0.2) is 17.5 Å². The van der Waals surface area contributed by atoms with Crippen molar-refractivity contribution in [2.45, 2.75) is 25.7 Å². The van der Waals surface area contributed by atoms with Gasteiger partial charge in [0.2, 0.25) is 5.78 Å². The van der Waals surface area contributed by atoms with Crippen molar-refractivity contribution in [2.75, 3.05) is 5.73 Å². The lowest BCUT2D eigenvalue weighted by molar-refractivity contribution is 0.103. The van der Waals surface area contributed by atoms with E-state index < -0.39 is 23.2 Å². The number of nitrogens with zero attached hydrogens (tertiary/aromatic N) is 3. The highest BCUT2D eigenvalue weighted by Crippen LogP contribution is 2.49. The Bertz CT molecular complexity index is 1730. The summed E-state index contributed by atoms with van der Waals surface area (Å²) in [7, 11) is 1.97. The Hall–Kier alpha value is -3.34. The molecule has 0 bridgehead atoms. The lowest BCUT2D eigenvalue weighted by Crippen LogP contribution is -2.08. The largest absolute Gasteiger partial charge is 0.396 e. The minimum absolute atomic E-state index is 0.211. The molecule has 5 aromatic rings. The first-order valence-electron chi connectivity index (χ1n) is 11.4. The number of halogens is 4. The van der Waals surface area contributed by atoms with Crippen LogP contribution in [0.3, 0.4) is 0 Å². The Morgan fingerprint density at radius 1 is 1.14 bits per heavy atom. The topological polar surface area (TPSA) is 65.3 Å². The van der Waals surface area contributed by atoms with E-state index in [2.05, 4.69) is 28.7 Å². The van der Waals surface area contributed by atoms with E-state index in [0.717, 1.165) is 67.6 Å². The predicted molar refractivity (Wildman–Crippen MR) is 141 cm³/mol. The summed E-state index contributed by atoms with van der Waals surface area (Å²) in [6.45, 7) is 1.94. The van der Waals surface area contributed by atoms with Crippen LogP contribution in [-0.2, 0) is 7.05 Å². The zero-order valence-corrected chi connectivity index (χ0v) is 21.5. The number of carbonyl (C=O) groups excluding carboxylic acids is 1. The van der Waals surface area contributed by atoms with Gasteiger partial charge in [0.05, 0.1) is 22.4 Å². The van der Waals surface area contributed by atoms with Crippen LogP contribution in [0.2, 0.25) is 0 Å². The molecule has 3 heterocycles. The minimum atomic E-state index is -1.60. The molecule has 1 saturated carbocycles. The molecule has 1 fully saturated rings. The number of ketones is 1. The molecule has 9 heteroatoms. The van der Waals surface area contributed by atoms with Crippen LogP contribution in [0.25, 0.3) is 27.7 Å². The summed E-state index contributed by atoms with van der Waals surface area (Å²) in [6, 6.07) is 9.04. The van der Waals surface area contributed by atoms with Gasteiger partial charge in [-0.2, -0.15) is 0 Å². The number of carbonyl (C=O) groups is 1. The molecule has 6 rings (SSSR count). The maximum absolute atomic E-state index is 13.9. The van der Waals surface area contributed by atoms with E-state index in [1.165, 1.54) is 0 Å². The quantitative estimate of drug-likeness (QED) is 0.111. The summed E-state index contributed by atoms with van der Waals surface area (Å²) in [5, 5.41) is 0. The number of anilines is 1. The molecular weight excluding hydrogens is 580 g/mol. The van der Waals surface area contributed by atoms with Gasteiger partial charge >= 0.3 is 0 Å². The summed E-state index contributed by atoms with van der Waals surface area (Å²) in [6.07, 6.45) is 3.86. The zero-order valence-electron chi connectivity index (χ0n) is 19.4. The van der Waals surface area contributed by atoms with E-state index in [9.17, 15) is 18.0 Å². The molecule has 1 aliphatic rings. The first kappa shape index (κ1) is 23.1. The van der Waals surface area contributed by atoms with Gasteiger partial charge < -0.3 is 14.7 Å². The van der Waals surface area contributed by atoms with Gasteiger partial charge in [-0.15, -0.1) is 0 Å². The zero-order chi connectivity index (χ0) is 25.5. The van der Waals surface area contributed by atoms with E-state index in [0.29, 0.717) is 11.6 Å². The van der Waals surface area contributed by atoms with Crippen molar-refractivity contribution in [3.05, 3.63) is 86.3 Å². The van der Waals surface area contributed by atoms with Gasteiger partial charge in [0.25, 0.3) is 0 Å². The molecular formula is C27H20F3IN4O. The van der Waals surface area contributed by atoms with E-state index in [4.69, 9.17) is 10.7 Å². The Balaban J connectivity index is 1.60. The highest BCUT2D eigenvalue weighted by Gasteiger charge is 2.31. The number of pyridine rings is 1. The third-order valence-corrected chi connectivity index (χ3v) is 7.80. The van der Waals surface area contributed by atoms with Crippen LogP contribution in [0.5, 0.6) is 0 Å². The van der Waals surface area contributed by atoms with Crippen molar-refractivity contribution in [2.24, 2.45) is 7.05 Å². The van der Waals surface area contributed by atoms with Crippen LogP contribution >= 0.6 is 22.6 Å². The molecule has 0 unspecified atom stereocenters. The highest BCUT2D eigenvalue weighted by atomic mass is 127. The molecule has 0 atom stereocenters. The van der Waals surface area contributed by atoms with Gasteiger partial charge in [-0.25, -0.2) is 18.2 Å². The first-order valence-corrected chi connectivity index (χ1v) is 12.5. The lowest BCUT2D eigenvalue weighted by Gasteiger charge is -2.16. The first-order chi connectivity index (χ1) is 17.2. The fourth-order valence-corrected chi connectivity index (χ4v) is 5.77. The standard InChI is InChI=1S/C27H20F3IN4O/c1-12-33-25-20(34(12)2)10-16(13-5-6-13)22(24(25)32)15-4-3-7-35-21(11-19(31)26(15)35)27(36)14-8-17(28)23(30)18(29)9-14/h3-4,7-11,13H,5-6,32H2,1-2H3. The average Bonchev–Trinajstić information content (AvgIpc) is 3.59. The third-order valence-electron chi connectivity index (χ3n) is 6.98. The van der Waals surface area contributed by atoms with Gasteiger partial charge in [-0.1, -0.05) is 6.07 Å². The van der Waals surface area contributed by atoms with Crippen LogP contribution in [0.4, 0.5) is 18.9 Å². The van der Waals surface area contributed by atoms with E-state index in [1.807, 2.05) is 30.7 Å². The van der Waals surface area contributed by atoms with Crippen LogP contribution < -0.4 is 5.73 Å². The van der Waals surface area contributed by atoms with Gasteiger partial charge in [0, 0.05) is 33.5 Å². The van der Waals surface area contributed by atoms with Crippen molar-refractivity contribution in [1.29, 1.82) is 0 Å². The number of imidazole rings is 1. The molecule has 182 valence electrons. The van der Waals surface area contributed by atoms with Gasteiger partial charge in [0.1, 0.15) is 11.3 Å². The van der Waals surface area contributed by atoms with Crippen molar-refractivity contribution >= 4 is 50.6 Å². The number of fused-ring (bicyclic) bond motifs is 2. The number of aryl methyl sites for hydroxylation is 2. The van der Waals surface area contributed by atoms with E-state index >= 15 is 0 Å². The minimum Gasteiger partial charge on any atom is -0.396 e. The molecule has 1 aliphatic carbocycles. The van der Waals surface area contributed by atoms with Crippen molar-refractivity contribution in [3.63, 3.8) is 0 Å². The maximum Gasteiger partial charge on any atom is 0.209 e. The number of hydrogen-bond donors (Lipinski definition) is 1. The Kier molecular flexibility index (Phi) is 5.19. The second-order valence-corrected chi connectivity index (χ2v) is 10.4. The normalized spacial score (nSPS) is 13.7. The van der Waals surface area contributed by atoms with Crippen LogP contribution in [0.15, 0.2) is 42.6 Å². The molecule has 0 aliphatic heterocycles. The number of nitrogen functional groups attached to an aromatic ring is 1. The monoisotopic (exact) mass is 600 g/mol. The fourth-order valence-electron chi connectivity index (χ4n) is 4.92. The van der Waals surface area contributed by atoms with Gasteiger partial charge in [-0.05, 0) is 84.2 Å². The number of benzene rings is 2. The molecule has 0 radical (unpaired) electrons. The lowest BCUT2D eigenvalue weighted by atomic mass is 9.93. The van der Waals surface area contributed by atoms with Crippen molar-refractivity contribution in [3.8, 4) is 11.1 Å². The van der Waals surface area contributed by atoms with Crippen LogP contribution in [0, 0.1) is 27.9 Å². The Labute approximate surface area is 217 Å². The van der Waals surface area contributed by atoms with E-state index in [1.54, 1.807) is 16.7 Å². The second kappa shape index (κ2) is 8.09. The highest BCUT2D eigenvalue weighted by molar-refractivity contribution is 14.1. The maximum atomic E-state index is 13.9.